The van der Waals surface area contributed by atoms with Crippen molar-refractivity contribution >= 4 is 0 Å². The maximum Gasteiger partial charge on any atom is 0.0627 e. The maximum atomic E-state index is 4.82. The normalized spacial score (nSPS) is 22.6. The van der Waals surface area contributed by atoms with Crippen molar-refractivity contribution < 1.29 is 0 Å². The Morgan fingerprint density at radius 3 is 2.70 bits per heavy atom. The zero-order valence-electron chi connectivity index (χ0n) is 12.9. The molecular weight excluding hydrogens is 246 g/mol. The van der Waals surface area contributed by atoms with E-state index in [1.807, 2.05) is 0 Å². The molecule has 1 unspecified atom stereocenters. The minimum atomic E-state index is 0.668. The van der Waals surface area contributed by atoms with Crippen LogP contribution in [0.1, 0.15) is 70.0 Å². The fourth-order valence-electron chi connectivity index (χ4n) is 3.44. The average Bonchev–Trinajstić information content (AvgIpc) is 2.86. The molecule has 3 heteroatoms. The molecule has 2 aliphatic rings. The summed E-state index contributed by atoms with van der Waals surface area (Å²) in [5, 5.41) is 8.50. The molecule has 0 saturated heterocycles. The molecule has 3 rings (SSSR count). The molecule has 1 N–H and O–H groups in total. The Balaban J connectivity index is 1.45. The molecule has 2 fully saturated rings. The van der Waals surface area contributed by atoms with Gasteiger partial charge in [0.05, 0.1) is 11.7 Å². The number of hydrogen-bond donors (Lipinski definition) is 1. The molecule has 3 nitrogen and oxygen atoms in total. The van der Waals surface area contributed by atoms with Crippen LogP contribution in [0, 0.1) is 5.92 Å². The summed E-state index contributed by atoms with van der Waals surface area (Å²) >= 11 is 0. The first kappa shape index (κ1) is 14.1. The highest BCUT2D eigenvalue weighted by Gasteiger charge is 2.18. The summed E-state index contributed by atoms with van der Waals surface area (Å²) < 4.78 is 2.24. The topological polar surface area (TPSA) is 29.9 Å². The van der Waals surface area contributed by atoms with Crippen LogP contribution in [-0.2, 0) is 6.42 Å². The Bertz CT molecular complexity index is 402. The number of hydrogen-bond acceptors (Lipinski definition) is 2. The quantitative estimate of drug-likeness (QED) is 0.857. The fourth-order valence-corrected chi connectivity index (χ4v) is 3.44. The van der Waals surface area contributed by atoms with Crippen LogP contribution in [0.3, 0.4) is 0 Å². The Hall–Kier alpha value is -0.830. The molecular formula is C17H29N3. The van der Waals surface area contributed by atoms with E-state index in [4.69, 9.17) is 5.10 Å². The number of rotatable bonds is 6. The van der Waals surface area contributed by atoms with Gasteiger partial charge in [-0.2, -0.15) is 5.10 Å². The highest BCUT2D eigenvalue weighted by Crippen LogP contribution is 2.27. The van der Waals surface area contributed by atoms with Crippen LogP contribution in [0.15, 0.2) is 12.3 Å². The molecule has 0 bridgehead atoms. The highest BCUT2D eigenvalue weighted by atomic mass is 15.3. The zero-order valence-corrected chi connectivity index (χ0v) is 12.9. The summed E-state index contributed by atoms with van der Waals surface area (Å²) in [5.41, 5.74) is 1.28. The SMILES string of the molecule is CC(CNC1CCC1)Cc1ccn(C2CCCCC2)n1. The molecule has 0 aromatic carbocycles. The molecule has 0 aliphatic heterocycles. The number of nitrogens with zero attached hydrogens (tertiary/aromatic N) is 2. The van der Waals surface area contributed by atoms with E-state index in [2.05, 4.69) is 29.2 Å². The minimum absolute atomic E-state index is 0.668. The lowest BCUT2D eigenvalue weighted by molar-refractivity contribution is 0.316. The van der Waals surface area contributed by atoms with Crippen molar-refractivity contribution in [3.05, 3.63) is 18.0 Å². The molecule has 0 spiro atoms. The Morgan fingerprint density at radius 2 is 2.00 bits per heavy atom. The van der Waals surface area contributed by atoms with Crippen molar-refractivity contribution in [2.45, 2.75) is 76.8 Å². The third kappa shape index (κ3) is 3.63. The van der Waals surface area contributed by atoms with Crippen molar-refractivity contribution in [2.75, 3.05) is 6.54 Å². The lowest BCUT2D eigenvalue weighted by atomic mass is 9.92. The Morgan fingerprint density at radius 1 is 1.20 bits per heavy atom. The second kappa shape index (κ2) is 6.75. The first-order valence-corrected chi connectivity index (χ1v) is 8.58. The first-order chi connectivity index (χ1) is 9.81. The molecule has 1 atom stereocenters. The standard InChI is InChI=1S/C17H29N3/c1-14(13-18-15-6-5-7-15)12-16-10-11-20(19-16)17-8-3-2-4-9-17/h10-11,14-15,17-18H,2-9,12-13H2,1H3. The molecule has 2 aliphatic carbocycles. The van der Waals surface area contributed by atoms with Gasteiger partial charge in [-0.1, -0.05) is 32.6 Å². The van der Waals surface area contributed by atoms with Gasteiger partial charge in [0.15, 0.2) is 0 Å². The van der Waals surface area contributed by atoms with Gasteiger partial charge in [0.2, 0.25) is 0 Å². The predicted molar refractivity (Wildman–Crippen MR) is 82.9 cm³/mol. The summed E-state index contributed by atoms with van der Waals surface area (Å²) in [6.07, 6.45) is 14.3. The van der Waals surface area contributed by atoms with Crippen molar-refractivity contribution in [3.8, 4) is 0 Å². The van der Waals surface area contributed by atoms with Crippen LogP contribution < -0.4 is 5.32 Å². The smallest absolute Gasteiger partial charge is 0.0627 e. The zero-order chi connectivity index (χ0) is 13.8. The van der Waals surface area contributed by atoms with E-state index in [0.717, 1.165) is 19.0 Å². The van der Waals surface area contributed by atoms with Crippen LogP contribution in [0.2, 0.25) is 0 Å². The van der Waals surface area contributed by atoms with Gasteiger partial charge >= 0.3 is 0 Å². The van der Waals surface area contributed by atoms with Gasteiger partial charge in [-0.15, -0.1) is 0 Å². The number of nitrogens with one attached hydrogen (secondary N) is 1. The van der Waals surface area contributed by atoms with E-state index in [-0.39, 0.29) is 0 Å². The van der Waals surface area contributed by atoms with Crippen LogP contribution in [0.25, 0.3) is 0 Å². The van der Waals surface area contributed by atoms with Crippen LogP contribution in [0.5, 0.6) is 0 Å². The molecule has 20 heavy (non-hydrogen) atoms. The van der Waals surface area contributed by atoms with E-state index >= 15 is 0 Å². The molecule has 2 saturated carbocycles. The monoisotopic (exact) mass is 275 g/mol. The third-order valence-electron chi connectivity index (χ3n) is 5.03. The van der Waals surface area contributed by atoms with Crippen molar-refractivity contribution in [3.63, 3.8) is 0 Å². The molecule has 0 radical (unpaired) electrons. The first-order valence-electron chi connectivity index (χ1n) is 8.58. The maximum absolute atomic E-state index is 4.82. The van der Waals surface area contributed by atoms with E-state index in [9.17, 15) is 0 Å². The summed E-state index contributed by atoms with van der Waals surface area (Å²) in [6, 6.07) is 3.70. The van der Waals surface area contributed by atoms with Gasteiger partial charge in [0, 0.05) is 12.2 Å². The fraction of sp³-hybridized carbons (Fsp3) is 0.824. The summed E-state index contributed by atoms with van der Waals surface area (Å²) in [7, 11) is 0. The lowest BCUT2D eigenvalue weighted by Crippen LogP contribution is -2.38. The summed E-state index contributed by atoms with van der Waals surface area (Å²) in [4.78, 5) is 0. The van der Waals surface area contributed by atoms with Gasteiger partial charge < -0.3 is 5.32 Å². The van der Waals surface area contributed by atoms with Crippen LogP contribution in [-0.4, -0.2) is 22.4 Å². The van der Waals surface area contributed by atoms with E-state index in [1.54, 1.807) is 0 Å². The summed E-state index contributed by atoms with van der Waals surface area (Å²) in [6.45, 7) is 3.48. The van der Waals surface area contributed by atoms with Gasteiger partial charge in [0.25, 0.3) is 0 Å². The average molecular weight is 275 g/mol. The summed E-state index contributed by atoms with van der Waals surface area (Å²) in [5.74, 6) is 0.685. The molecule has 1 aromatic heterocycles. The van der Waals surface area contributed by atoms with Gasteiger partial charge in [0.1, 0.15) is 0 Å². The lowest BCUT2D eigenvalue weighted by Gasteiger charge is -2.28. The van der Waals surface area contributed by atoms with Gasteiger partial charge in [-0.05, 0) is 50.6 Å². The second-order valence-electron chi connectivity index (χ2n) is 6.92. The van der Waals surface area contributed by atoms with Crippen molar-refractivity contribution in [1.29, 1.82) is 0 Å². The molecule has 0 amide bonds. The third-order valence-corrected chi connectivity index (χ3v) is 5.03. The minimum Gasteiger partial charge on any atom is -0.314 e. The highest BCUT2D eigenvalue weighted by molar-refractivity contribution is 5.01. The van der Waals surface area contributed by atoms with Crippen molar-refractivity contribution in [2.24, 2.45) is 5.92 Å². The van der Waals surface area contributed by atoms with Crippen LogP contribution in [0.4, 0.5) is 0 Å². The molecule has 112 valence electrons. The van der Waals surface area contributed by atoms with Gasteiger partial charge in [-0.3, -0.25) is 4.68 Å². The predicted octanol–water partition coefficient (Wildman–Crippen LogP) is 3.71. The Kier molecular flexibility index (Phi) is 4.77. The van der Waals surface area contributed by atoms with Crippen LogP contribution >= 0.6 is 0 Å². The van der Waals surface area contributed by atoms with Gasteiger partial charge in [-0.25, -0.2) is 0 Å². The second-order valence-corrected chi connectivity index (χ2v) is 6.92. The van der Waals surface area contributed by atoms with E-state index in [1.165, 1.54) is 57.1 Å². The van der Waals surface area contributed by atoms with Crippen molar-refractivity contribution in [1.82, 2.24) is 15.1 Å². The molecule has 1 aromatic rings. The Labute approximate surface area is 123 Å². The molecule has 1 heterocycles. The number of aromatic nitrogens is 2. The van der Waals surface area contributed by atoms with E-state index < -0.39 is 0 Å². The van der Waals surface area contributed by atoms with E-state index in [0.29, 0.717) is 12.0 Å². The largest absolute Gasteiger partial charge is 0.314 e.